The number of carboxylic acid groups (broad SMARTS) is 1. The Morgan fingerprint density at radius 3 is 2.60 bits per heavy atom. The van der Waals surface area contributed by atoms with E-state index in [9.17, 15) is 9.59 Å². The molecule has 0 atom stereocenters. The predicted octanol–water partition coefficient (Wildman–Crippen LogP) is 4.37. The largest absolute Gasteiger partial charge is 0.481 e. The van der Waals surface area contributed by atoms with E-state index >= 15 is 0 Å². The molecule has 25 heavy (non-hydrogen) atoms. The average Bonchev–Trinajstić information content (AvgIpc) is 3.13. The van der Waals surface area contributed by atoms with Crippen molar-refractivity contribution >= 4 is 35.0 Å². The lowest BCUT2D eigenvalue weighted by Crippen LogP contribution is -2.39. The van der Waals surface area contributed by atoms with Gasteiger partial charge >= 0.3 is 5.97 Å². The molecule has 1 amide bonds. The Hall–Kier alpha value is -1.79. The standard InChI is InChI=1S/C19H21NO3S2/c21-18(22)12-14-7-9-20(10-8-14)19(23)16-5-1-2-6-17(16)25-13-15-4-3-11-24-15/h1-6,11,14H,7-10,12-13H2,(H,21,22). The molecule has 2 aromatic rings. The fourth-order valence-corrected chi connectivity index (χ4v) is 4.89. The van der Waals surface area contributed by atoms with Crippen LogP contribution in [0.5, 0.6) is 0 Å². The van der Waals surface area contributed by atoms with Crippen molar-refractivity contribution in [3.63, 3.8) is 0 Å². The van der Waals surface area contributed by atoms with Gasteiger partial charge in [-0.2, -0.15) is 0 Å². The van der Waals surface area contributed by atoms with Crippen molar-refractivity contribution in [1.82, 2.24) is 4.90 Å². The highest BCUT2D eigenvalue weighted by molar-refractivity contribution is 7.98. The first-order chi connectivity index (χ1) is 12.1. The molecule has 0 aliphatic carbocycles. The van der Waals surface area contributed by atoms with Gasteiger partial charge in [0.25, 0.3) is 5.91 Å². The minimum absolute atomic E-state index is 0.0584. The van der Waals surface area contributed by atoms with E-state index in [-0.39, 0.29) is 18.2 Å². The molecule has 0 spiro atoms. The van der Waals surface area contributed by atoms with Crippen LogP contribution in [0.2, 0.25) is 0 Å². The van der Waals surface area contributed by atoms with Gasteiger partial charge in [-0.05, 0) is 42.3 Å². The van der Waals surface area contributed by atoms with Gasteiger partial charge in [0.05, 0.1) is 5.56 Å². The smallest absolute Gasteiger partial charge is 0.303 e. The van der Waals surface area contributed by atoms with Gasteiger partial charge in [-0.25, -0.2) is 0 Å². The van der Waals surface area contributed by atoms with E-state index in [4.69, 9.17) is 5.11 Å². The summed E-state index contributed by atoms with van der Waals surface area (Å²) in [5, 5.41) is 11.0. The van der Waals surface area contributed by atoms with E-state index in [2.05, 4.69) is 11.4 Å². The summed E-state index contributed by atoms with van der Waals surface area (Å²) >= 11 is 3.42. The number of rotatable bonds is 6. The fourth-order valence-electron chi connectivity index (χ4n) is 3.07. The Balaban J connectivity index is 1.63. The molecule has 0 bridgehead atoms. The van der Waals surface area contributed by atoms with E-state index in [1.54, 1.807) is 23.1 Å². The van der Waals surface area contributed by atoms with Crippen molar-refractivity contribution in [2.75, 3.05) is 13.1 Å². The number of carbonyl (C=O) groups excluding carboxylic acids is 1. The van der Waals surface area contributed by atoms with Gasteiger partial charge in [0.15, 0.2) is 0 Å². The predicted molar refractivity (Wildman–Crippen MR) is 101 cm³/mol. The lowest BCUT2D eigenvalue weighted by atomic mass is 9.93. The number of carbonyl (C=O) groups is 2. The third kappa shape index (κ3) is 4.86. The number of thioether (sulfide) groups is 1. The van der Waals surface area contributed by atoms with Crippen LogP contribution in [0.15, 0.2) is 46.7 Å². The molecule has 2 heterocycles. The van der Waals surface area contributed by atoms with Gasteiger partial charge in [0.2, 0.25) is 0 Å². The molecule has 1 saturated heterocycles. The van der Waals surface area contributed by atoms with E-state index in [1.807, 2.05) is 35.2 Å². The van der Waals surface area contributed by atoms with Crippen LogP contribution in [-0.4, -0.2) is 35.0 Å². The molecule has 1 aromatic heterocycles. The number of nitrogens with zero attached hydrogens (tertiary/aromatic N) is 1. The zero-order valence-corrected chi connectivity index (χ0v) is 15.5. The second-order valence-electron chi connectivity index (χ2n) is 6.20. The average molecular weight is 376 g/mol. The summed E-state index contributed by atoms with van der Waals surface area (Å²) in [6.45, 7) is 1.28. The van der Waals surface area contributed by atoms with Gasteiger partial charge in [-0.1, -0.05) is 18.2 Å². The summed E-state index contributed by atoms with van der Waals surface area (Å²) < 4.78 is 0. The number of thiophene rings is 1. The Bertz CT molecular complexity index is 722. The second kappa shape index (κ2) is 8.54. The van der Waals surface area contributed by atoms with Gasteiger partial charge in [0, 0.05) is 35.0 Å². The number of aliphatic carboxylic acids is 1. The molecule has 0 radical (unpaired) electrons. The minimum Gasteiger partial charge on any atom is -0.481 e. The topological polar surface area (TPSA) is 57.6 Å². The van der Waals surface area contributed by atoms with Crippen LogP contribution in [0.25, 0.3) is 0 Å². The van der Waals surface area contributed by atoms with Gasteiger partial charge < -0.3 is 10.0 Å². The normalized spacial score (nSPS) is 15.3. The van der Waals surface area contributed by atoms with Crippen LogP contribution in [0.1, 0.15) is 34.5 Å². The van der Waals surface area contributed by atoms with Crippen LogP contribution in [-0.2, 0) is 10.5 Å². The van der Waals surface area contributed by atoms with Crippen LogP contribution >= 0.6 is 23.1 Å². The molecule has 6 heteroatoms. The maximum Gasteiger partial charge on any atom is 0.303 e. The molecule has 0 unspecified atom stereocenters. The van der Waals surface area contributed by atoms with Gasteiger partial charge in [-0.3, -0.25) is 9.59 Å². The zero-order valence-electron chi connectivity index (χ0n) is 13.9. The van der Waals surface area contributed by atoms with Crippen LogP contribution in [0.3, 0.4) is 0 Å². The monoisotopic (exact) mass is 375 g/mol. The van der Waals surface area contributed by atoms with Crippen molar-refractivity contribution in [1.29, 1.82) is 0 Å². The molecule has 1 aromatic carbocycles. The maximum absolute atomic E-state index is 12.9. The van der Waals surface area contributed by atoms with E-state index in [0.717, 1.165) is 29.1 Å². The molecular formula is C19H21NO3S2. The molecule has 0 saturated carbocycles. The number of hydrogen-bond donors (Lipinski definition) is 1. The van der Waals surface area contributed by atoms with Crippen molar-refractivity contribution in [2.45, 2.75) is 29.9 Å². The number of carboxylic acids is 1. The Labute approximate surface area is 155 Å². The summed E-state index contributed by atoms with van der Waals surface area (Å²) in [7, 11) is 0. The van der Waals surface area contributed by atoms with E-state index in [1.165, 1.54) is 4.88 Å². The van der Waals surface area contributed by atoms with Crippen LogP contribution in [0, 0.1) is 5.92 Å². The first-order valence-electron chi connectivity index (χ1n) is 8.39. The van der Waals surface area contributed by atoms with Crippen molar-refractivity contribution in [3.8, 4) is 0 Å². The van der Waals surface area contributed by atoms with Crippen molar-refractivity contribution in [3.05, 3.63) is 52.2 Å². The molecule has 4 nitrogen and oxygen atoms in total. The number of hydrogen-bond acceptors (Lipinski definition) is 4. The second-order valence-corrected chi connectivity index (χ2v) is 8.25. The quantitative estimate of drug-likeness (QED) is 0.762. The lowest BCUT2D eigenvalue weighted by Gasteiger charge is -2.31. The summed E-state index contributed by atoms with van der Waals surface area (Å²) in [5.41, 5.74) is 0.751. The summed E-state index contributed by atoms with van der Waals surface area (Å²) in [6.07, 6.45) is 1.74. The highest BCUT2D eigenvalue weighted by Gasteiger charge is 2.26. The highest BCUT2D eigenvalue weighted by Crippen LogP contribution is 2.30. The fraction of sp³-hybridized carbons (Fsp3) is 0.368. The van der Waals surface area contributed by atoms with Gasteiger partial charge in [0.1, 0.15) is 0 Å². The number of likely N-dealkylation sites (tertiary alicyclic amines) is 1. The van der Waals surface area contributed by atoms with Crippen LogP contribution in [0.4, 0.5) is 0 Å². The van der Waals surface area contributed by atoms with Crippen LogP contribution < -0.4 is 0 Å². The number of piperidine rings is 1. The third-order valence-electron chi connectivity index (χ3n) is 4.43. The van der Waals surface area contributed by atoms with E-state index < -0.39 is 5.97 Å². The third-order valence-corrected chi connectivity index (χ3v) is 6.61. The maximum atomic E-state index is 12.9. The molecule has 1 aliphatic heterocycles. The zero-order chi connectivity index (χ0) is 17.6. The molecule has 1 aliphatic rings. The molecule has 1 fully saturated rings. The summed E-state index contributed by atoms with van der Waals surface area (Å²) in [6, 6.07) is 11.9. The molecule has 3 rings (SSSR count). The summed E-state index contributed by atoms with van der Waals surface area (Å²) in [5.74, 6) is 0.357. The Morgan fingerprint density at radius 1 is 1.16 bits per heavy atom. The highest BCUT2D eigenvalue weighted by atomic mass is 32.2. The summed E-state index contributed by atoms with van der Waals surface area (Å²) in [4.78, 5) is 27.9. The first-order valence-corrected chi connectivity index (χ1v) is 10.3. The molecular weight excluding hydrogens is 354 g/mol. The number of benzene rings is 1. The van der Waals surface area contributed by atoms with Crippen molar-refractivity contribution in [2.24, 2.45) is 5.92 Å². The van der Waals surface area contributed by atoms with Crippen molar-refractivity contribution < 1.29 is 14.7 Å². The molecule has 1 N–H and O–H groups in total. The Morgan fingerprint density at radius 2 is 1.92 bits per heavy atom. The minimum atomic E-state index is -0.750. The van der Waals surface area contributed by atoms with E-state index in [0.29, 0.717) is 13.1 Å². The Kier molecular flexibility index (Phi) is 6.15. The van der Waals surface area contributed by atoms with Gasteiger partial charge in [-0.15, -0.1) is 23.1 Å². The SMILES string of the molecule is O=C(O)CC1CCN(C(=O)c2ccccc2SCc2cccs2)CC1. The first kappa shape index (κ1) is 18.0. The number of amides is 1. The lowest BCUT2D eigenvalue weighted by molar-refractivity contribution is -0.138. The molecule has 132 valence electrons.